The Balaban J connectivity index is 2.03. The standard InChI is InChI=1S/C10H21NO2/c1-11-9-3-5-10(6-4-9)13-8-2-7-12/h9-12H,2-8H2,1H3. The quantitative estimate of drug-likeness (QED) is 0.629. The second kappa shape index (κ2) is 6.35. The third kappa shape index (κ3) is 4.07. The van der Waals surface area contributed by atoms with E-state index in [1.54, 1.807) is 0 Å². The summed E-state index contributed by atoms with van der Waals surface area (Å²) >= 11 is 0. The van der Waals surface area contributed by atoms with Crippen LogP contribution in [0.25, 0.3) is 0 Å². The van der Waals surface area contributed by atoms with Crippen molar-refractivity contribution in [2.75, 3.05) is 20.3 Å². The van der Waals surface area contributed by atoms with Gasteiger partial charge in [-0.15, -0.1) is 0 Å². The van der Waals surface area contributed by atoms with Crippen LogP contribution in [0.4, 0.5) is 0 Å². The molecule has 1 fully saturated rings. The Labute approximate surface area is 80.5 Å². The first-order valence-corrected chi connectivity index (χ1v) is 5.26. The lowest BCUT2D eigenvalue weighted by molar-refractivity contribution is 0.0165. The van der Waals surface area contributed by atoms with Crippen LogP contribution in [0.15, 0.2) is 0 Å². The summed E-state index contributed by atoms with van der Waals surface area (Å²) in [6, 6.07) is 0.692. The van der Waals surface area contributed by atoms with Gasteiger partial charge in [0.05, 0.1) is 6.10 Å². The van der Waals surface area contributed by atoms with Gasteiger partial charge in [-0.2, -0.15) is 0 Å². The average Bonchev–Trinajstić information content (AvgIpc) is 2.19. The van der Waals surface area contributed by atoms with Gasteiger partial charge >= 0.3 is 0 Å². The molecule has 0 aromatic rings. The van der Waals surface area contributed by atoms with E-state index in [2.05, 4.69) is 5.32 Å². The summed E-state index contributed by atoms with van der Waals surface area (Å²) in [6.07, 6.45) is 5.98. The van der Waals surface area contributed by atoms with Gasteiger partial charge in [-0.1, -0.05) is 0 Å². The van der Waals surface area contributed by atoms with Crippen LogP contribution in [0.2, 0.25) is 0 Å². The topological polar surface area (TPSA) is 41.5 Å². The molecular weight excluding hydrogens is 166 g/mol. The number of hydrogen-bond donors (Lipinski definition) is 2. The van der Waals surface area contributed by atoms with Crippen molar-refractivity contribution in [3.63, 3.8) is 0 Å². The molecule has 0 amide bonds. The molecule has 1 aliphatic carbocycles. The van der Waals surface area contributed by atoms with Crippen LogP contribution in [-0.2, 0) is 4.74 Å². The monoisotopic (exact) mass is 187 g/mol. The van der Waals surface area contributed by atoms with E-state index in [1.165, 1.54) is 12.8 Å². The summed E-state index contributed by atoms with van der Waals surface area (Å²) in [5.74, 6) is 0. The molecule has 0 aromatic carbocycles. The van der Waals surface area contributed by atoms with Gasteiger partial charge in [-0.05, 0) is 39.2 Å². The molecule has 0 unspecified atom stereocenters. The summed E-state index contributed by atoms with van der Waals surface area (Å²) in [6.45, 7) is 0.956. The Hall–Kier alpha value is -0.120. The Morgan fingerprint density at radius 2 is 2.00 bits per heavy atom. The molecule has 78 valence electrons. The minimum atomic E-state index is 0.242. The molecule has 0 bridgehead atoms. The normalized spacial score (nSPS) is 29.1. The van der Waals surface area contributed by atoms with Crippen molar-refractivity contribution < 1.29 is 9.84 Å². The number of aliphatic hydroxyl groups is 1. The summed E-state index contributed by atoms with van der Waals surface area (Å²) in [4.78, 5) is 0. The second-order valence-electron chi connectivity index (χ2n) is 3.71. The third-order valence-electron chi connectivity index (χ3n) is 2.74. The zero-order valence-electron chi connectivity index (χ0n) is 8.46. The summed E-state index contributed by atoms with van der Waals surface area (Å²) in [7, 11) is 2.03. The molecule has 0 saturated heterocycles. The van der Waals surface area contributed by atoms with E-state index in [9.17, 15) is 0 Å². The first-order valence-electron chi connectivity index (χ1n) is 5.26. The highest BCUT2D eigenvalue weighted by atomic mass is 16.5. The fraction of sp³-hybridized carbons (Fsp3) is 1.00. The van der Waals surface area contributed by atoms with E-state index in [-0.39, 0.29) is 6.61 Å². The van der Waals surface area contributed by atoms with Crippen molar-refractivity contribution >= 4 is 0 Å². The molecule has 0 radical (unpaired) electrons. The predicted molar refractivity (Wildman–Crippen MR) is 52.8 cm³/mol. The molecule has 0 aromatic heterocycles. The molecule has 2 N–H and O–H groups in total. The second-order valence-corrected chi connectivity index (χ2v) is 3.71. The molecule has 0 heterocycles. The SMILES string of the molecule is CNC1CCC(OCCCO)CC1. The molecule has 0 spiro atoms. The summed E-state index contributed by atoms with van der Waals surface area (Å²) in [5, 5.41) is 11.9. The number of rotatable bonds is 5. The minimum Gasteiger partial charge on any atom is -0.396 e. The maximum atomic E-state index is 8.59. The first-order chi connectivity index (χ1) is 6.36. The molecule has 1 saturated carbocycles. The zero-order valence-corrected chi connectivity index (χ0v) is 8.46. The van der Waals surface area contributed by atoms with E-state index in [0.29, 0.717) is 18.8 Å². The highest BCUT2D eigenvalue weighted by molar-refractivity contribution is 4.76. The van der Waals surface area contributed by atoms with Crippen LogP contribution in [0.5, 0.6) is 0 Å². The lowest BCUT2D eigenvalue weighted by atomic mass is 9.93. The fourth-order valence-electron chi connectivity index (χ4n) is 1.83. The molecule has 0 atom stereocenters. The lowest BCUT2D eigenvalue weighted by Crippen LogP contribution is -2.33. The maximum Gasteiger partial charge on any atom is 0.0576 e. The smallest absolute Gasteiger partial charge is 0.0576 e. The highest BCUT2D eigenvalue weighted by Gasteiger charge is 2.19. The van der Waals surface area contributed by atoms with Crippen molar-refractivity contribution in [1.29, 1.82) is 0 Å². The van der Waals surface area contributed by atoms with E-state index in [4.69, 9.17) is 9.84 Å². The Kier molecular flexibility index (Phi) is 5.35. The zero-order chi connectivity index (χ0) is 9.52. The van der Waals surface area contributed by atoms with E-state index in [0.717, 1.165) is 19.3 Å². The van der Waals surface area contributed by atoms with Crippen LogP contribution in [0, 0.1) is 0 Å². The van der Waals surface area contributed by atoms with Gasteiger partial charge in [0.2, 0.25) is 0 Å². The van der Waals surface area contributed by atoms with Crippen LogP contribution in [0.3, 0.4) is 0 Å². The molecule has 3 heteroatoms. The number of ether oxygens (including phenoxy) is 1. The summed E-state index contributed by atoms with van der Waals surface area (Å²) < 4.78 is 5.63. The van der Waals surface area contributed by atoms with Gasteiger partial charge in [-0.25, -0.2) is 0 Å². The summed E-state index contributed by atoms with van der Waals surface area (Å²) in [5.41, 5.74) is 0. The van der Waals surface area contributed by atoms with Crippen LogP contribution < -0.4 is 5.32 Å². The van der Waals surface area contributed by atoms with E-state index >= 15 is 0 Å². The van der Waals surface area contributed by atoms with Crippen molar-refractivity contribution in [1.82, 2.24) is 5.32 Å². The largest absolute Gasteiger partial charge is 0.396 e. The molecule has 1 aliphatic rings. The van der Waals surface area contributed by atoms with Gasteiger partial charge in [0.25, 0.3) is 0 Å². The molecular formula is C10H21NO2. The Morgan fingerprint density at radius 1 is 1.31 bits per heavy atom. The van der Waals surface area contributed by atoms with E-state index in [1.807, 2.05) is 7.05 Å². The Morgan fingerprint density at radius 3 is 2.54 bits per heavy atom. The molecule has 3 nitrogen and oxygen atoms in total. The molecule has 1 rings (SSSR count). The first kappa shape index (κ1) is 11.0. The van der Waals surface area contributed by atoms with E-state index < -0.39 is 0 Å². The van der Waals surface area contributed by atoms with Gasteiger partial charge in [-0.3, -0.25) is 0 Å². The molecule has 0 aliphatic heterocycles. The number of hydrogen-bond acceptors (Lipinski definition) is 3. The van der Waals surface area contributed by atoms with Crippen LogP contribution in [-0.4, -0.2) is 37.5 Å². The van der Waals surface area contributed by atoms with Crippen molar-refractivity contribution in [2.24, 2.45) is 0 Å². The van der Waals surface area contributed by atoms with Crippen molar-refractivity contribution in [3.05, 3.63) is 0 Å². The van der Waals surface area contributed by atoms with Crippen LogP contribution in [0.1, 0.15) is 32.1 Å². The lowest BCUT2D eigenvalue weighted by Gasteiger charge is -2.28. The fourth-order valence-corrected chi connectivity index (χ4v) is 1.83. The van der Waals surface area contributed by atoms with Crippen LogP contribution >= 0.6 is 0 Å². The Bertz CT molecular complexity index is 119. The number of aliphatic hydroxyl groups excluding tert-OH is 1. The van der Waals surface area contributed by atoms with Gasteiger partial charge < -0.3 is 15.2 Å². The van der Waals surface area contributed by atoms with Gasteiger partial charge in [0.15, 0.2) is 0 Å². The average molecular weight is 187 g/mol. The van der Waals surface area contributed by atoms with Crippen molar-refractivity contribution in [2.45, 2.75) is 44.2 Å². The number of nitrogens with one attached hydrogen (secondary N) is 1. The maximum absolute atomic E-state index is 8.59. The minimum absolute atomic E-state index is 0.242. The van der Waals surface area contributed by atoms with Crippen molar-refractivity contribution in [3.8, 4) is 0 Å². The molecule has 13 heavy (non-hydrogen) atoms. The van der Waals surface area contributed by atoms with Gasteiger partial charge in [0, 0.05) is 19.3 Å². The third-order valence-corrected chi connectivity index (χ3v) is 2.74. The predicted octanol–water partition coefficient (Wildman–Crippen LogP) is 0.916. The van der Waals surface area contributed by atoms with Gasteiger partial charge in [0.1, 0.15) is 0 Å². The highest BCUT2D eigenvalue weighted by Crippen LogP contribution is 2.20.